The molecule has 6 heteroatoms. The van der Waals surface area contributed by atoms with Gasteiger partial charge in [-0.1, -0.05) is 11.6 Å². The van der Waals surface area contributed by atoms with Crippen LogP contribution in [0.4, 0.5) is 5.69 Å². The highest BCUT2D eigenvalue weighted by Crippen LogP contribution is 2.21. The summed E-state index contributed by atoms with van der Waals surface area (Å²) in [5, 5.41) is 0.562. The van der Waals surface area contributed by atoms with E-state index in [0.717, 1.165) is 13.0 Å². The molecule has 1 atom stereocenters. The molecule has 0 saturated heterocycles. The van der Waals surface area contributed by atoms with Crippen molar-refractivity contribution < 1.29 is 4.21 Å². The number of halogens is 1. The molecule has 0 bridgehead atoms. The Morgan fingerprint density at radius 1 is 1.44 bits per heavy atom. The zero-order chi connectivity index (χ0) is 13.0. The molecule has 0 fully saturated rings. The minimum atomic E-state index is -1.08. The molecule has 1 unspecified atom stereocenters. The standard InChI is InChI=1S/C12H14ClN3OS/c13-10-2-3-12(11(14)8-10)18(17)7-1-5-16-6-4-15-9-16/h2-4,6,8-9H,1,5,7,14H2. The van der Waals surface area contributed by atoms with Crippen molar-refractivity contribution in [3.05, 3.63) is 41.9 Å². The van der Waals surface area contributed by atoms with Crippen LogP contribution in [-0.2, 0) is 17.3 Å². The fraction of sp³-hybridized carbons (Fsp3) is 0.250. The van der Waals surface area contributed by atoms with Crippen LogP contribution >= 0.6 is 11.6 Å². The fourth-order valence-corrected chi connectivity index (χ4v) is 2.97. The van der Waals surface area contributed by atoms with Crippen LogP contribution in [0.25, 0.3) is 0 Å². The lowest BCUT2D eigenvalue weighted by Gasteiger charge is -2.06. The third-order valence-electron chi connectivity index (χ3n) is 2.52. The molecule has 2 rings (SSSR count). The highest BCUT2D eigenvalue weighted by molar-refractivity contribution is 7.85. The minimum absolute atomic E-state index is 0.489. The largest absolute Gasteiger partial charge is 0.398 e. The van der Waals surface area contributed by atoms with Crippen LogP contribution in [0.2, 0.25) is 5.02 Å². The van der Waals surface area contributed by atoms with Gasteiger partial charge in [0.1, 0.15) is 0 Å². The van der Waals surface area contributed by atoms with E-state index >= 15 is 0 Å². The maximum absolute atomic E-state index is 12.1. The second kappa shape index (κ2) is 6.02. The monoisotopic (exact) mass is 283 g/mol. The lowest BCUT2D eigenvalue weighted by Crippen LogP contribution is -2.05. The highest BCUT2D eigenvalue weighted by Gasteiger charge is 2.08. The van der Waals surface area contributed by atoms with Gasteiger partial charge in [0, 0.05) is 35.4 Å². The zero-order valence-electron chi connectivity index (χ0n) is 9.75. The van der Waals surface area contributed by atoms with Crippen LogP contribution in [0.5, 0.6) is 0 Å². The van der Waals surface area contributed by atoms with Gasteiger partial charge < -0.3 is 10.3 Å². The number of nitrogens with two attached hydrogens (primary N) is 1. The molecule has 1 aromatic heterocycles. The molecule has 0 aliphatic heterocycles. The Bertz CT molecular complexity index is 542. The van der Waals surface area contributed by atoms with Gasteiger partial charge in [0.2, 0.25) is 0 Å². The SMILES string of the molecule is Nc1cc(Cl)ccc1S(=O)CCCn1ccnc1. The molecule has 2 N–H and O–H groups in total. The number of hydrogen-bond donors (Lipinski definition) is 1. The number of anilines is 1. The Hall–Kier alpha value is -1.33. The first-order valence-corrected chi connectivity index (χ1v) is 7.25. The molecule has 96 valence electrons. The topological polar surface area (TPSA) is 60.9 Å². The normalized spacial score (nSPS) is 12.5. The number of benzene rings is 1. The number of nitrogens with zero attached hydrogens (tertiary/aromatic N) is 2. The van der Waals surface area contributed by atoms with E-state index in [2.05, 4.69) is 4.98 Å². The van der Waals surface area contributed by atoms with Gasteiger partial charge in [-0.05, 0) is 24.6 Å². The lowest BCUT2D eigenvalue weighted by atomic mass is 10.3. The first-order valence-electron chi connectivity index (χ1n) is 5.56. The third-order valence-corrected chi connectivity index (χ3v) is 4.28. The molecule has 1 heterocycles. The summed E-state index contributed by atoms with van der Waals surface area (Å²) in [6.45, 7) is 0.805. The van der Waals surface area contributed by atoms with Crippen LogP contribution in [-0.4, -0.2) is 19.5 Å². The first-order chi connectivity index (χ1) is 8.66. The van der Waals surface area contributed by atoms with Gasteiger partial charge in [0.15, 0.2) is 0 Å². The van der Waals surface area contributed by atoms with Crippen LogP contribution in [0, 0.1) is 0 Å². The van der Waals surface area contributed by atoms with Crippen molar-refractivity contribution in [3.8, 4) is 0 Å². The van der Waals surface area contributed by atoms with Crippen LogP contribution < -0.4 is 5.73 Å². The van der Waals surface area contributed by atoms with E-state index in [1.165, 1.54) is 0 Å². The Labute approximate surface area is 113 Å². The van der Waals surface area contributed by atoms with Crippen LogP contribution in [0.15, 0.2) is 41.8 Å². The van der Waals surface area contributed by atoms with Crippen molar-refractivity contribution in [2.75, 3.05) is 11.5 Å². The molecule has 0 amide bonds. The van der Waals surface area contributed by atoms with E-state index in [1.807, 2.05) is 10.8 Å². The molecule has 0 aliphatic rings. The Balaban J connectivity index is 1.91. The molecular formula is C12H14ClN3OS. The Kier molecular flexibility index (Phi) is 4.38. The maximum Gasteiger partial charge on any atom is 0.0945 e. The van der Waals surface area contributed by atoms with E-state index in [9.17, 15) is 4.21 Å². The summed E-state index contributed by atoms with van der Waals surface area (Å²) in [5.41, 5.74) is 6.29. The number of hydrogen-bond acceptors (Lipinski definition) is 3. The van der Waals surface area contributed by atoms with E-state index in [1.54, 1.807) is 30.7 Å². The average Bonchev–Trinajstić information content (AvgIpc) is 2.81. The number of aryl methyl sites for hydroxylation is 1. The number of rotatable bonds is 5. The quantitative estimate of drug-likeness (QED) is 0.857. The summed E-state index contributed by atoms with van der Waals surface area (Å²) in [7, 11) is -1.08. The number of nitrogen functional groups attached to an aromatic ring is 1. The van der Waals surface area contributed by atoms with Gasteiger partial charge in [-0.25, -0.2) is 4.98 Å². The Morgan fingerprint density at radius 2 is 2.28 bits per heavy atom. The molecule has 4 nitrogen and oxygen atoms in total. The molecule has 18 heavy (non-hydrogen) atoms. The van der Waals surface area contributed by atoms with Crippen molar-refractivity contribution in [1.82, 2.24) is 9.55 Å². The Morgan fingerprint density at radius 3 is 2.94 bits per heavy atom. The van der Waals surface area contributed by atoms with E-state index < -0.39 is 10.8 Å². The van der Waals surface area contributed by atoms with Crippen molar-refractivity contribution >= 4 is 28.1 Å². The second-order valence-corrected chi connectivity index (χ2v) is 5.86. The highest BCUT2D eigenvalue weighted by atomic mass is 35.5. The van der Waals surface area contributed by atoms with Gasteiger partial charge >= 0.3 is 0 Å². The summed E-state index contributed by atoms with van der Waals surface area (Å²) < 4.78 is 14.0. The number of imidazole rings is 1. The van der Waals surface area contributed by atoms with Crippen molar-refractivity contribution in [2.24, 2.45) is 0 Å². The molecule has 0 spiro atoms. The number of aromatic nitrogens is 2. The lowest BCUT2D eigenvalue weighted by molar-refractivity contribution is 0.658. The maximum atomic E-state index is 12.1. The summed E-state index contributed by atoms with van der Waals surface area (Å²) in [6.07, 6.45) is 6.18. The van der Waals surface area contributed by atoms with Gasteiger partial charge in [0.05, 0.1) is 22.0 Å². The van der Waals surface area contributed by atoms with Crippen LogP contribution in [0.3, 0.4) is 0 Å². The van der Waals surface area contributed by atoms with E-state index in [0.29, 0.717) is 21.4 Å². The van der Waals surface area contributed by atoms with Crippen molar-refractivity contribution in [1.29, 1.82) is 0 Å². The smallest absolute Gasteiger partial charge is 0.0945 e. The van der Waals surface area contributed by atoms with Gasteiger partial charge in [-0.15, -0.1) is 0 Å². The van der Waals surface area contributed by atoms with Crippen molar-refractivity contribution in [3.63, 3.8) is 0 Å². The van der Waals surface area contributed by atoms with Crippen molar-refractivity contribution in [2.45, 2.75) is 17.9 Å². The third kappa shape index (κ3) is 3.34. The molecule has 0 saturated carbocycles. The summed E-state index contributed by atoms with van der Waals surface area (Å²) in [4.78, 5) is 4.61. The predicted molar refractivity (Wildman–Crippen MR) is 74.0 cm³/mol. The fourth-order valence-electron chi connectivity index (χ4n) is 1.63. The van der Waals surface area contributed by atoms with Gasteiger partial charge in [-0.2, -0.15) is 0 Å². The van der Waals surface area contributed by atoms with Gasteiger partial charge in [-0.3, -0.25) is 4.21 Å². The average molecular weight is 284 g/mol. The summed E-state index contributed by atoms with van der Waals surface area (Å²) in [5.74, 6) is 0.573. The second-order valence-electron chi connectivity index (χ2n) is 3.89. The minimum Gasteiger partial charge on any atom is -0.398 e. The zero-order valence-corrected chi connectivity index (χ0v) is 11.3. The van der Waals surface area contributed by atoms with Crippen LogP contribution in [0.1, 0.15) is 6.42 Å². The first kappa shape index (κ1) is 13.1. The van der Waals surface area contributed by atoms with E-state index in [-0.39, 0.29) is 0 Å². The molecule has 1 aromatic carbocycles. The summed E-state index contributed by atoms with van der Waals surface area (Å²) >= 11 is 5.80. The molecule has 0 aliphatic carbocycles. The molecule has 2 aromatic rings. The van der Waals surface area contributed by atoms with Gasteiger partial charge in [0.25, 0.3) is 0 Å². The summed E-state index contributed by atoms with van der Waals surface area (Å²) in [6, 6.07) is 5.07. The van der Waals surface area contributed by atoms with E-state index in [4.69, 9.17) is 17.3 Å². The predicted octanol–water partition coefficient (Wildman–Crippen LogP) is 2.32. The molecular weight excluding hydrogens is 270 g/mol. The molecule has 0 radical (unpaired) electrons.